The minimum absolute atomic E-state index is 0.224. The average Bonchev–Trinajstić information content (AvgIpc) is 3.19. The minimum Gasteiger partial charge on any atom is -0.392 e. The van der Waals surface area contributed by atoms with Gasteiger partial charge in [-0.05, 0) is 48.5 Å². The van der Waals surface area contributed by atoms with Gasteiger partial charge in [-0.1, -0.05) is 23.0 Å². The highest BCUT2D eigenvalue weighted by Crippen LogP contribution is 2.41. The van der Waals surface area contributed by atoms with Gasteiger partial charge >= 0.3 is 0 Å². The van der Waals surface area contributed by atoms with E-state index >= 15 is 0 Å². The number of nitrogens with zero attached hydrogens (tertiary/aromatic N) is 2. The quantitative estimate of drug-likeness (QED) is 0.878. The number of aliphatic hydroxyl groups excluding tert-OH is 1. The Bertz CT molecular complexity index is 662. The van der Waals surface area contributed by atoms with E-state index in [0.717, 1.165) is 36.4 Å². The molecular formula is C16H18FN3O2S. The van der Waals surface area contributed by atoms with Crippen molar-refractivity contribution in [3.8, 4) is 0 Å². The van der Waals surface area contributed by atoms with E-state index in [1.165, 1.54) is 18.3 Å². The molecule has 0 aliphatic heterocycles. The number of hydrogen-bond donors (Lipinski definition) is 2. The highest BCUT2D eigenvalue weighted by molar-refractivity contribution is 7.07. The molecule has 0 unspecified atom stereocenters. The first-order valence-electron chi connectivity index (χ1n) is 7.57. The van der Waals surface area contributed by atoms with Gasteiger partial charge in [0.15, 0.2) is 0 Å². The highest BCUT2D eigenvalue weighted by Gasteiger charge is 2.42. The molecular weight excluding hydrogens is 317 g/mol. The van der Waals surface area contributed by atoms with E-state index in [1.54, 1.807) is 12.1 Å². The zero-order valence-corrected chi connectivity index (χ0v) is 13.4. The van der Waals surface area contributed by atoms with Gasteiger partial charge in [0.2, 0.25) is 0 Å². The van der Waals surface area contributed by atoms with Crippen molar-refractivity contribution < 1.29 is 14.3 Å². The molecule has 1 saturated carbocycles. The zero-order chi connectivity index (χ0) is 16.3. The van der Waals surface area contributed by atoms with Crippen molar-refractivity contribution in [1.29, 1.82) is 0 Å². The number of aliphatic hydroxyl groups is 1. The molecule has 1 aliphatic carbocycles. The lowest BCUT2D eigenvalue weighted by molar-refractivity contribution is 0.0501. The third kappa shape index (κ3) is 3.56. The second-order valence-electron chi connectivity index (χ2n) is 6.04. The van der Waals surface area contributed by atoms with Crippen LogP contribution in [-0.2, 0) is 6.42 Å². The Morgan fingerprint density at radius 1 is 1.43 bits per heavy atom. The lowest BCUT2D eigenvalue weighted by Crippen LogP contribution is -2.43. The molecule has 0 saturated heterocycles. The molecule has 2 N–H and O–H groups in total. The van der Waals surface area contributed by atoms with E-state index in [1.807, 2.05) is 0 Å². The normalized spacial score (nSPS) is 23.8. The average molecular weight is 335 g/mol. The Hall–Kier alpha value is -1.86. The summed E-state index contributed by atoms with van der Waals surface area (Å²) >= 11 is 1.04. The first-order chi connectivity index (χ1) is 11.1. The molecule has 1 aromatic carbocycles. The van der Waals surface area contributed by atoms with Crippen LogP contribution in [0.25, 0.3) is 0 Å². The summed E-state index contributed by atoms with van der Waals surface area (Å²) in [6, 6.07) is 6.31. The zero-order valence-electron chi connectivity index (χ0n) is 12.5. The van der Waals surface area contributed by atoms with E-state index < -0.39 is 11.5 Å². The fraction of sp³-hybridized carbons (Fsp3) is 0.438. The molecule has 2 atom stereocenters. The van der Waals surface area contributed by atoms with Crippen molar-refractivity contribution in [1.82, 2.24) is 14.9 Å². The topological polar surface area (TPSA) is 75.1 Å². The van der Waals surface area contributed by atoms with E-state index in [2.05, 4.69) is 14.9 Å². The first-order valence-corrected chi connectivity index (χ1v) is 8.34. The van der Waals surface area contributed by atoms with Crippen LogP contribution in [0.4, 0.5) is 4.39 Å². The maximum atomic E-state index is 13.1. The number of rotatable bonds is 5. The van der Waals surface area contributed by atoms with Crippen molar-refractivity contribution in [3.05, 3.63) is 46.7 Å². The number of carbonyl (C=O) groups is 1. The number of amides is 1. The molecule has 2 aromatic rings. The minimum atomic E-state index is -0.479. The molecule has 7 heteroatoms. The Balaban J connectivity index is 1.72. The predicted molar refractivity (Wildman–Crippen MR) is 84.6 cm³/mol. The Morgan fingerprint density at radius 3 is 2.83 bits per heavy atom. The van der Waals surface area contributed by atoms with E-state index in [4.69, 9.17) is 0 Å². The summed E-state index contributed by atoms with van der Waals surface area (Å²) in [7, 11) is 0. The van der Waals surface area contributed by atoms with Crippen molar-refractivity contribution in [2.24, 2.45) is 5.41 Å². The van der Waals surface area contributed by atoms with Crippen LogP contribution in [0.3, 0.4) is 0 Å². The Labute approximate surface area is 137 Å². The molecule has 3 rings (SSSR count). The maximum Gasteiger partial charge on any atom is 0.264 e. The summed E-state index contributed by atoms with van der Waals surface area (Å²) in [5.41, 5.74) is 0.548. The van der Waals surface area contributed by atoms with Gasteiger partial charge in [-0.2, -0.15) is 0 Å². The van der Waals surface area contributed by atoms with Gasteiger partial charge in [-0.15, -0.1) is 5.10 Å². The number of aromatic nitrogens is 2. The van der Waals surface area contributed by atoms with Gasteiger partial charge in [0, 0.05) is 12.0 Å². The van der Waals surface area contributed by atoms with Gasteiger partial charge in [0.05, 0.1) is 12.3 Å². The smallest absolute Gasteiger partial charge is 0.264 e. The Morgan fingerprint density at radius 2 is 2.22 bits per heavy atom. The van der Waals surface area contributed by atoms with Gasteiger partial charge in [-0.3, -0.25) is 4.79 Å². The second-order valence-corrected chi connectivity index (χ2v) is 6.82. The molecule has 1 fully saturated rings. The number of nitrogens with one attached hydrogen (secondary N) is 1. The van der Waals surface area contributed by atoms with Crippen molar-refractivity contribution in [2.45, 2.75) is 31.8 Å². The first kappa shape index (κ1) is 16.0. The third-order valence-corrected chi connectivity index (χ3v) is 5.18. The number of benzene rings is 1. The van der Waals surface area contributed by atoms with E-state index in [0.29, 0.717) is 17.8 Å². The van der Waals surface area contributed by atoms with E-state index in [-0.39, 0.29) is 11.7 Å². The SMILES string of the molecule is O=C(NC[C@@]1(Cc2ccc(F)cc2)CCC[C@H]1O)c1cnns1. The van der Waals surface area contributed by atoms with Crippen LogP contribution in [0.1, 0.15) is 34.5 Å². The van der Waals surface area contributed by atoms with Crippen LogP contribution in [0.5, 0.6) is 0 Å². The van der Waals surface area contributed by atoms with Gasteiger partial charge in [0.25, 0.3) is 5.91 Å². The fourth-order valence-electron chi connectivity index (χ4n) is 3.21. The molecule has 1 aliphatic rings. The summed E-state index contributed by atoms with van der Waals surface area (Å²) in [4.78, 5) is 12.5. The van der Waals surface area contributed by atoms with Crippen LogP contribution < -0.4 is 5.32 Å². The van der Waals surface area contributed by atoms with Crippen molar-refractivity contribution in [3.63, 3.8) is 0 Å². The van der Waals surface area contributed by atoms with Gasteiger partial charge in [0.1, 0.15) is 10.7 Å². The van der Waals surface area contributed by atoms with Crippen molar-refractivity contribution in [2.75, 3.05) is 6.54 Å². The second kappa shape index (κ2) is 6.72. The number of hydrogen-bond acceptors (Lipinski definition) is 5. The standard InChI is InChI=1S/C16H18FN3O2S/c17-12-5-3-11(4-6-12)8-16(7-1-2-14(16)21)10-18-15(22)13-9-19-20-23-13/h3-6,9,14,21H,1-2,7-8,10H2,(H,18,22)/t14-,16+/m1/s1. The summed E-state index contributed by atoms with van der Waals surface area (Å²) in [5, 5.41) is 17.0. The maximum absolute atomic E-state index is 13.1. The molecule has 0 bridgehead atoms. The third-order valence-electron chi connectivity index (χ3n) is 4.51. The van der Waals surface area contributed by atoms with Gasteiger partial charge < -0.3 is 10.4 Å². The van der Waals surface area contributed by atoms with E-state index in [9.17, 15) is 14.3 Å². The highest BCUT2D eigenvalue weighted by atomic mass is 32.1. The predicted octanol–water partition coefficient (Wildman–Crippen LogP) is 2.18. The number of carbonyl (C=O) groups excluding carboxylic acids is 1. The van der Waals surface area contributed by atoms with Crippen LogP contribution in [0, 0.1) is 11.2 Å². The van der Waals surface area contributed by atoms with Crippen LogP contribution in [0.2, 0.25) is 0 Å². The molecule has 1 aromatic heterocycles. The molecule has 1 amide bonds. The molecule has 23 heavy (non-hydrogen) atoms. The Kier molecular flexibility index (Phi) is 4.68. The number of halogens is 1. The largest absolute Gasteiger partial charge is 0.392 e. The van der Waals surface area contributed by atoms with Crippen molar-refractivity contribution >= 4 is 17.4 Å². The molecule has 0 radical (unpaired) electrons. The lowest BCUT2D eigenvalue weighted by atomic mass is 9.78. The monoisotopic (exact) mass is 335 g/mol. The van der Waals surface area contributed by atoms with Crippen LogP contribution in [0.15, 0.2) is 30.5 Å². The lowest BCUT2D eigenvalue weighted by Gasteiger charge is -2.33. The molecule has 1 heterocycles. The van der Waals surface area contributed by atoms with Crippen LogP contribution in [-0.4, -0.2) is 33.2 Å². The molecule has 122 valence electrons. The summed E-state index contributed by atoms with van der Waals surface area (Å²) in [5.74, 6) is -0.502. The fourth-order valence-corrected chi connectivity index (χ4v) is 3.65. The summed E-state index contributed by atoms with van der Waals surface area (Å²) in [6.45, 7) is 0.377. The summed E-state index contributed by atoms with van der Waals surface area (Å²) < 4.78 is 16.7. The van der Waals surface area contributed by atoms with Crippen LogP contribution >= 0.6 is 11.5 Å². The molecule has 0 spiro atoms. The summed E-state index contributed by atoms with van der Waals surface area (Å²) in [6.07, 6.45) is 4.02. The molecule has 5 nitrogen and oxygen atoms in total. The van der Waals surface area contributed by atoms with Gasteiger partial charge in [-0.25, -0.2) is 4.39 Å².